The van der Waals surface area contributed by atoms with Crippen LogP contribution >= 0.6 is 11.3 Å². The Kier molecular flexibility index (Phi) is 7.33. The first-order valence-corrected chi connectivity index (χ1v) is 14.9. The van der Waals surface area contributed by atoms with Gasteiger partial charge in [0.05, 0.1) is 45.7 Å². The van der Waals surface area contributed by atoms with Crippen LogP contribution in [-0.4, -0.2) is 45.6 Å². The van der Waals surface area contributed by atoms with Crippen LogP contribution in [-0.2, 0) is 6.54 Å². The van der Waals surface area contributed by atoms with Crippen molar-refractivity contribution in [2.45, 2.75) is 25.9 Å². The van der Waals surface area contributed by atoms with Gasteiger partial charge in [0.15, 0.2) is 11.5 Å². The smallest absolute Gasteiger partial charge is 0.274 e. The Bertz CT molecular complexity index is 2250. The lowest BCUT2D eigenvalue weighted by Crippen LogP contribution is -2.28. The number of carbonyl (C=O) groups is 1. The summed E-state index contributed by atoms with van der Waals surface area (Å²) in [5.74, 6) is 0.487. The first-order chi connectivity index (χ1) is 22.0. The highest BCUT2D eigenvalue weighted by Crippen LogP contribution is 2.29. The van der Waals surface area contributed by atoms with Crippen molar-refractivity contribution in [3.8, 4) is 5.69 Å². The third-order valence-electron chi connectivity index (χ3n) is 7.41. The summed E-state index contributed by atoms with van der Waals surface area (Å²) in [6, 6.07) is 19.6. The normalized spacial score (nSPS) is 12.0. The minimum Gasteiger partial charge on any atom is -0.378 e. The fourth-order valence-electron chi connectivity index (χ4n) is 5.26. The summed E-state index contributed by atoms with van der Waals surface area (Å²) in [7, 11) is 0. The molecule has 0 aliphatic carbocycles. The van der Waals surface area contributed by atoms with E-state index in [1.54, 1.807) is 34.6 Å². The first-order valence-electron chi connectivity index (χ1n) is 14.1. The number of aromatic amines is 1. The van der Waals surface area contributed by atoms with Gasteiger partial charge in [0.2, 0.25) is 0 Å². The Morgan fingerprint density at radius 2 is 1.89 bits per heavy atom. The number of hydroxylamine groups is 1. The molecule has 0 unspecified atom stereocenters. The Morgan fingerprint density at radius 3 is 2.71 bits per heavy atom. The number of hydrogen-bond acceptors (Lipinski definition) is 11. The van der Waals surface area contributed by atoms with E-state index in [4.69, 9.17) is 10.2 Å². The number of para-hydroxylation sites is 1. The monoisotopic (exact) mass is 618 g/mol. The third-order valence-corrected chi connectivity index (χ3v) is 8.43. The number of benzene rings is 3. The van der Waals surface area contributed by atoms with Gasteiger partial charge in [-0.05, 0) is 48.9 Å². The molecule has 0 radical (unpaired) electrons. The summed E-state index contributed by atoms with van der Waals surface area (Å²) in [5.41, 5.74) is 5.55. The molecule has 0 fully saturated rings. The maximum absolute atomic E-state index is 14.4. The van der Waals surface area contributed by atoms with E-state index in [9.17, 15) is 9.59 Å². The molecule has 14 heteroatoms. The maximum atomic E-state index is 14.4. The highest BCUT2D eigenvalue weighted by Gasteiger charge is 2.23. The molecule has 4 aromatic heterocycles. The number of nitrogens with zero attached hydrogens (tertiary/aromatic N) is 6. The zero-order chi connectivity index (χ0) is 30.9. The molecule has 7 rings (SSSR count). The number of carbonyl (C=O) groups excluding carboxylic acids is 1. The lowest BCUT2D eigenvalue weighted by molar-refractivity contribution is 0.0706. The van der Waals surface area contributed by atoms with Gasteiger partial charge in [0.25, 0.3) is 11.5 Å². The van der Waals surface area contributed by atoms with Gasteiger partial charge >= 0.3 is 0 Å². The molecule has 0 saturated carbocycles. The fraction of sp³-hybridized carbons (Fsp3) is 0.129. The Morgan fingerprint density at radius 1 is 1.02 bits per heavy atom. The van der Waals surface area contributed by atoms with Crippen LogP contribution in [0.4, 0.5) is 11.5 Å². The quantitative estimate of drug-likeness (QED) is 0.110. The first kappa shape index (κ1) is 28.1. The molecule has 0 spiro atoms. The molecule has 45 heavy (non-hydrogen) atoms. The second kappa shape index (κ2) is 11.7. The van der Waals surface area contributed by atoms with Crippen LogP contribution in [0.5, 0.6) is 0 Å². The average molecular weight is 619 g/mol. The van der Waals surface area contributed by atoms with Crippen molar-refractivity contribution < 1.29 is 10.0 Å². The Hall–Kier alpha value is -5.73. The van der Waals surface area contributed by atoms with Crippen LogP contribution in [0.2, 0.25) is 0 Å². The van der Waals surface area contributed by atoms with Gasteiger partial charge in [0.1, 0.15) is 22.7 Å². The average Bonchev–Trinajstić information content (AvgIpc) is 3.73. The summed E-state index contributed by atoms with van der Waals surface area (Å²) < 4.78 is 2.45. The minimum atomic E-state index is -0.589. The summed E-state index contributed by atoms with van der Waals surface area (Å²) >= 11 is 1.42. The molecule has 4 heterocycles. The molecule has 5 N–H and O–H groups in total. The largest absolute Gasteiger partial charge is 0.378 e. The van der Waals surface area contributed by atoms with Crippen molar-refractivity contribution in [2.75, 3.05) is 10.6 Å². The fourth-order valence-corrected chi connectivity index (χ4v) is 6.21. The minimum absolute atomic E-state index is 0.221. The number of fused-ring (bicyclic) bond motifs is 3. The van der Waals surface area contributed by atoms with Crippen molar-refractivity contribution in [1.82, 2.24) is 40.0 Å². The van der Waals surface area contributed by atoms with Crippen LogP contribution in [0.15, 0.2) is 84.2 Å². The lowest BCUT2D eigenvalue weighted by atomic mass is 10.1. The van der Waals surface area contributed by atoms with Gasteiger partial charge in [-0.15, -0.1) is 11.3 Å². The zero-order valence-electron chi connectivity index (χ0n) is 23.9. The van der Waals surface area contributed by atoms with Crippen molar-refractivity contribution in [3.05, 3.63) is 106 Å². The van der Waals surface area contributed by atoms with Crippen molar-refractivity contribution in [3.63, 3.8) is 0 Å². The van der Waals surface area contributed by atoms with Crippen LogP contribution in [0.1, 0.15) is 40.6 Å². The van der Waals surface area contributed by atoms with Crippen LogP contribution in [0.3, 0.4) is 0 Å². The Balaban J connectivity index is 1.29. The summed E-state index contributed by atoms with van der Waals surface area (Å²) in [6.45, 7) is 2.36. The molecular weight excluding hydrogens is 592 g/mol. The lowest BCUT2D eigenvalue weighted by Gasteiger charge is -2.22. The second-order valence-electron chi connectivity index (χ2n) is 10.2. The van der Waals surface area contributed by atoms with Crippen molar-refractivity contribution in [2.24, 2.45) is 0 Å². The SMILES string of the molecule is CC[C@H](Nc1ncnc2[nH]cnc12)c1nc2cccc(NCc3nc4ccc(C(=O)NO)cc4s3)c2c(=O)n1-c1ccccc1. The molecule has 7 aromatic rings. The van der Waals surface area contributed by atoms with Gasteiger partial charge in [-0.3, -0.25) is 19.4 Å². The molecule has 0 aliphatic rings. The number of aromatic nitrogens is 7. The van der Waals surface area contributed by atoms with Gasteiger partial charge < -0.3 is 15.6 Å². The number of nitrogens with one attached hydrogen (secondary N) is 4. The summed E-state index contributed by atoms with van der Waals surface area (Å²) in [4.78, 5) is 52.0. The number of thiazole rings is 1. The van der Waals surface area contributed by atoms with Gasteiger partial charge in [-0.1, -0.05) is 31.2 Å². The predicted octanol–water partition coefficient (Wildman–Crippen LogP) is 4.96. The van der Waals surface area contributed by atoms with E-state index >= 15 is 0 Å². The van der Waals surface area contributed by atoms with E-state index < -0.39 is 5.91 Å². The summed E-state index contributed by atoms with van der Waals surface area (Å²) in [6.07, 6.45) is 3.63. The molecule has 1 atom stereocenters. The molecule has 1 amide bonds. The number of hydrogen-bond donors (Lipinski definition) is 5. The molecule has 13 nitrogen and oxygen atoms in total. The standard InChI is InChI=1S/C31H26N10O3S/c1-2-19(38-28-26-27(34-15-33-26)35-16-36-28)29-39-22-10-6-9-21(25(22)31(43)41(29)18-7-4-3-5-8-18)32-14-24-37-20-12-11-17(30(42)40-44)13-23(20)45-24/h3-13,15-16,19,32,44H,2,14H2,1H3,(H,40,42)(H2,33,34,35,36,38)/t19-/m0/s1. The number of anilines is 2. The van der Waals surface area contributed by atoms with Crippen LogP contribution in [0, 0.1) is 0 Å². The molecule has 0 aliphatic heterocycles. The maximum Gasteiger partial charge on any atom is 0.274 e. The van der Waals surface area contributed by atoms with Gasteiger partial charge in [0, 0.05) is 11.3 Å². The topological polar surface area (TPSA) is 176 Å². The van der Waals surface area contributed by atoms with Crippen LogP contribution < -0.4 is 21.7 Å². The van der Waals surface area contributed by atoms with E-state index in [1.807, 2.05) is 55.5 Å². The van der Waals surface area contributed by atoms with E-state index in [2.05, 4.69) is 35.6 Å². The molecule has 224 valence electrons. The van der Waals surface area contributed by atoms with Crippen molar-refractivity contribution >= 4 is 61.0 Å². The highest BCUT2D eigenvalue weighted by molar-refractivity contribution is 7.18. The highest BCUT2D eigenvalue weighted by atomic mass is 32.1. The van der Waals surface area contributed by atoms with Crippen LogP contribution in [0.25, 0.3) is 38.0 Å². The van der Waals surface area contributed by atoms with E-state index in [-0.39, 0.29) is 11.6 Å². The molecule has 0 saturated heterocycles. The zero-order valence-corrected chi connectivity index (χ0v) is 24.7. The van der Waals surface area contributed by atoms with E-state index in [1.165, 1.54) is 17.7 Å². The molecule has 0 bridgehead atoms. The van der Waals surface area contributed by atoms with Crippen molar-refractivity contribution in [1.29, 1.82) is 0 Å². The number of H-pyrrole nitrogens is 1. The van der Waals surface area contributed by atoms with Gasteiger partial charge in [-0.2, -0.15) is 0 Å². The van der Waals surface area contributed by atoms with E-state index in [0.717, 1.165) is 15.2 Å². The number of rotatable bonds is 9. The predicted molar refractivity (Wildman–Crippen MR) is 172 cm³/mol. The summed E-state index contributed by atoms with van der Waals surface area (Å²) in [5, 5.41) is 17.0. The molecule has 3 aromatic carbocycles. The Labute approximate surface area is 259 Å². The van der Waals surface area contributed by atoms with E-state index in [0.29, 0.717) is 63.6 Å². The number of amides is 1. The van der Waals surface area contributed by atoms with Gasteiger partial charge in [-0.25, -0.2) is 30.4 Å². The number of imidazole rings is 1. The second-order valence-corrected chi connectivity index (χ2v) is 11.3. The molecular formula is C31H26N10O3S. The third kappa shape index (κ3) is 5.21.